The number of fused-ring (bicyclic) bond motifs is 1. The standard InChI is InChI=1S/C18H13F4NO4/c19-10-2-1-8(3-9(10)18(20,21)22)15-16-11(4-26-6-13(16)24)23-12-5-27-7-14(25)17(12)15/h1-3,15-16H,4-7H2. The summed E-state index contributed by atoms with van der Waals surface area (Å²) >= 11 is 0. The van der Waals surface area contributed by atoms with E-state index in [1.807, 2.05) is 0 Å². The van der Waals surface area contributed by atoms with Crippen molar-refractivity contribution in [1.82, 2.24) is 0 Å². The molecule has 1 aromatic carbocycles. The second-order valence-electron chi connectivity index (χ2n) is 6.53. The number of ketones is 2. The maximum atomic E-state index is 13.7. The molecule has 27 heavy (non-hydrogen) atoms. The van der Waals surface area contributed by atoms with E-state index < -0.39 is 35.2 Å². The molecule has 0 bridgehead atoms. The van der Waals surface area contributed by atoms with E-state index in [2.05, 4.69) is 4.99 Å². The quantitative estimate of drug-likeness (QED) is 0.699. The number of Topliss-reactive ketones (excluding diaryl/α,β-unsaturated/α-hetero) is 2. The van der Waals surface area contributed by atoms with Gasteiger partial charge in [-0.2, -0.15) is 13.2 Å². The highest BCUT2D eigenvalue weighted by Gasteiger charge is 2.46. The number of benzene rings is 1. The molecule has 2 unspecified atom stereocenters. The molecular weight excluding hydrogens is 370 g/mol. The topological polar surface area (TPSA) is 65.0 Å². The van der Waals surface area contributed by atoms with E-state index in [0.29, 0.717) is 17.8 Å². The fraction of sp³-hybridized carbons (Fsp3) is 0.389. The largest absolute Gasteiger partial charge is 0.419 e. The van der Waals surface area contributed by atoms with Crippen LogP contribution >= 0.6 is 0 Å². The maximum absolute atomic E-state index is 13.7. The van der Waals surface area contributed by atoms with Crippen molar-refractivity contribution in [3.8, 4) is 0 Å². The van der Waals surface area contributed by atoms with Crippen molar-refractivity contribution in [3.63, 3.8) is 0 Å². The van der Waals surface area contributed by atoms with Gasteiger partial charge in [-0.15, -0.1) is 0 Å². The Labute approximate surface area is 150 Å². The highest BCUT2D eigenvalue weighted by molar-refractivity contribution is 6.13. The summed E-state index contributed by atoms with van der Waals surface area (Å²) in [6.45, 7) is -0.424. The third kappa shape index (κ3) is 3.00. The Morgan fingerprint density at radius 1 is 1.00 bits per heavy atom. The molecule has 2 atom stereocenters. The molecule has 0 amide bonds. The van der Waals surface area contributed by atoms with Gasteiger partial charge >= 0.3 is 6.18 Å². The zero-order chi connectivity index (χ0) is 19.3. The number of aliphatic imine (C=N–C) groups is 1. The lowest BCUT2D eigenvalue weighted by molar-refractivity contribution is -0.140. The Balaban J connectivity index is 1.91. The molecule has 9 heteroatoms. The van der Waals surface area contributed by atoms with E-state index in [-0.39, 0.29) is 49.0 Å². The van der Waals surface area contributed by atoms with Crippen LogP contribution in [0.15, 0.2) is 34.5 Å². The van der Waals surface area contributed by atoms with Crippen molar-refractivity contribution in [2.75, 3.05) is 26.4 Å². The van der Waals surface area contributed by atoms with Gasteiger partial charge in [0, 0.05) is 11.5 Å². The average molecular weight is 383 g/mol. The molecule has 1 aromatic rings. The van der Waals surface area contributed by atoms with Gasteiger partial charge in [0.05, 0.1) is 36.1 Å². The lowest BCUT2D eigenvalue weighted by Crippen LogP contribution is -2.45. The van der Waals surface area contributed by atoms with Gasteiger partial charge in [-0.1, -0.05) is 6.07 Å². The second-order valence-corrected chi connectivity index (χ2v) is 6.53. The van der Waals surface area contributed by atoms with Crippen LogP contribution in [-0.2, 0) is 25.2 Å². The average Bonchev–Trinajstić information content (AvgIpc) is 2.60. The molecule has 0 N–H and O–H groups in total. The van der Waals surface area contributed by atoms with E-state index in [9.17, 15) is 27.2 Å². The number of ether oxygens (including phenoxy) is 2. The first-order valence-electron chi connectivity index (χ1n) is 8.16. The van der Waals surface area contributed by atoms with Gasteiger partial charge in [-0.05, 0) is 17.7 Å². The highest BCUT2D eigenvalue weighted by atomic mass is 19.4. The van der Waals surface area contributed by atoms with E-state index in [0.717, 1.165) is 0 Å². The van der Waals surface area contributed by atoms with Crippen molar-refractivity contribution in [2.24, 2.45) is 10.9 Å². The van der Waals surface area contributed by atoms with Crippen LogP contribution in [0.4, 0.5) is 17.6 Å². The van der Waals surface area contributed by atoms with Gasteiger partial charge in [0.25, 0.3) is 0 Å². The Morgan fingerprint density at radius 3 is 2.48 bits per heavy atom. The van der Waals surface area contributed by atoms with E-state index >= 15 is 0 Å². The lowest BCUT2D eigenvalue weighted by atomic mass is 9.71. The van der Waals surface area contributed by atoms with Crippen molar-refractivity contribution >= 4 is 17.3 Å². The zero-order valence-electron chi connectivity index (χ0n) is 13.8. The van der Waals surface area contributed by atoms with Gasteiger partial charge < -0.3 is 9.47 Å². The first-order valence-corrected chi connectivity index (χ1v) is 8.16. The third-order valence-corrected chi connectivity index (χ3v) is 4.86. The van der Waals surface area contributed by atoms with Crippen LogP contribution < -0.4 is 0 Å². The van der Waals surface area contributed by atoms with E-state index in [1.54, 1.807) is 0 Å². The number of rotatable bonds is 1. The van der Waals surface area contributed by atoms with Crippen LogP contribution in [0, 0.1) is 11.7 Å². The van der Waals surface area contributed by atoms with Gasteiger partial charge in [0.1, 0.15) is 19.0 Å². The SMILES string of the molecule is O=C1COCC2=C1C(c1ccc(F)c(C(F)(F)F)c1)C1C(=O)COCC1=N2. The molecular formula is C18H13F4NO4. The predicted molar refractivity (Wildman–Crippen MR) is 83.7 cm³/mol. The Hall–Kier alpha value is -2.39. The Kier molecular flexibility index (Phi) is 4.23. The second kappa shape index (κ2) is 6.35. The zero-order valence-corrected chi connectivity index (χ0v) is 13.8. The number of hydrogen-bond donors (Lipinski definition) is 0. The molecule has 0 radical (unpaired) electrons. The summed E-state index contributed by atoms with van der Waals surface area (Å²) in [5, 5.41) is 0. The van der Waals surface area contributed by atoms with Crippen LogP contribution in [0.25, 0.3) is 0 Å². The summed E-state index contributed by atoms with van der Waals surface area (Å²) in [6, 6.07) is 2.55. The number of carbonyl (C=O) groups excluding carboxylic acids is 2. The summed E-state index contributed by atoms with van der Waals surface area (Å²) in [6.07, 6.45) is -4.90. The molecule has 0 aliphatic carbocycles. The lowest BCUT2D eigenvalue weighted by Gasteiger charge is -2.37. The molecule has 1 fully saturated rings. The van der Waals surface area contributed by atoms with E-state index in [4.69, 9.17) is 9.47 Å². The number of carbonyl (C=O) groups is 2. The molecule has 1 saturated heterocycles. The summed E-state index contributed by atoms with van der Waals surface area (Å²) in [5.41, 5.74) is -0.626. The van der Waals surface area contributed by atoms with Crippen molar-refractivity contribution in [3.05, 3.63) is 46.4 Å². The van der Waals surface area contributed by atoms with Gasteiger partial charge in [0.2, 0.25) is 0 Å². The Bertz CT molecular complexity index is 903. The van der Waals surface area contributed by atoms with Crippen molar-refractivity contribution in [2.45, 2.75) is 12.1 Å². The smallest absolute Gasteiger partial charge is 0.368 e. The molecule has 142 valence electrons. The van der Waals surface area contributed by atoms with Crippen LogP contribution in [0.2, 0.25) is 0 Å². The summed E-state index contributed by atoms with van der Waals surface area (Å²) < 4.78 is 63.5. The fourth-order valence-corrected chi connectivity index (χ4v) is 3.76. The predicted octanol–water partition coefficient (Wildman–Crippen LogP) is 2.45. The Morgan fingerprint density at radius 2 is 1.74 bits per heavy atom. The van der Waals surface area contributed by atoms with Crippen LogP contribution in [0.1, 0.15) is 17.0 Å². The first-order chi connectivity index (χ1) is 12.8. The fourth-order valence-electron chi connectivity index (χ4n) is 3.76. The van der Waals surface area contributed by atoms with Crippen LogP contribution in [0.5, 0.6) is 0 Å². The van der Waals surface area contributed by atoms with E-state index in [1.165, 1.54) is 6.07 Å². The highest BCUT2D eigenvalue weighted by Crippen LogP contribution is 2.43. The van der Waals surface area contributed by atoms with Crippen LogP contribution in [0.3, 0.4) is 0 Å². The van der Waals surface area contributed by atoms with Gasteiger partial charge in [-0.25, -0.2) is 4.39 Å². The third-order valence-electron chi connectivity index (χ3n) is 4.86. The number of hydrogen-bond acceptors (Lipinski definition) is 5. The minimum atomic E-state index is -4.90. The summed E-state index contributed by atoms with van der Waals surface area (Å²) in [7, 11) is 0. The maximum Gasteiger partial charge on any atom is 0.419 e. The minimum absolute atomic E-state index is 0.00923. The molecule has 3 aliphatic rings. The monoisotopic (exact) mass is 383 g/mol. The number of nitrogens with zero attached hydrogens (tertiary/aromatic N) is 1. The molecule has 0 aromatic heterocycles. The molecule has 3 aliphatic heterocycles. The molecule has 0 spiro atoms. The van der Waals surface area contributed by atoms with Crippen LogP contribution in [-0.4, -0.2) is 43.7 Å². The normalized spacial score (nSPS) is 25.9. The summed E-state index contributed by atoms with van der Waals surface area (Å²) in [5.74, 6) is -4.12. The molecule has 0 saturated carbocycles. The molecule has 5 nitrogen and oxygen atoms in total. The number of halogens is 4. The van der Waals surface area contributed by atoms with Gasteiger partial charge in [-0.3, -0.25) is 14.6 Å². The molecule has 4 rings (SSSR count). The van der Waals surface area contributed by atoms with Crippen molar-refractivity contribution in [1.29, 1.82) is 0 Å². The molecule has 3 heterocycles. The number of alkyl halides is 3. The van der Waals surface area contributed by atoms with Gasteiger partial charge in [0.15, 0.2) is 11.6 Å². The van der Waals surface area contributed by atoms with Crippen molar-refractivity contribution < 1.29 is 36.6 Å². The minimum Gasteiger partial charge on any atom is -0.368 e. The first kappa shape index (κ1) is 18.0. The summed E-state index contributed by atoms with van der Waals surface area (Å²) in [4.78, 5) is 29.2.